The van der Waals surface area contributed by atoms with Crippen molar-refractivity contribution >= 4 is 33.4 Å². The minimum absolute atomic E-state index is 0.00719. The topological polar surface area (TPSA) is 99.5 Å². The Balaban J connectivity index is 1.93. The molecule has 0 saturated carbocycles. The van der Waals surface area contributed by atoms with Crippen LogP contribution in [-0.4, -0.2) is 42.3 Å². The number of aromatic nitrogens is 2. The van der Waals surface area contributed by atoms with Crippen molar-refractivity contribution in [3.63, 3.8) is 0 Å². The van der Waals surface area contributed by atoms with Crippen LogP contribution in [-0.2, 0) is 32.5 Å². The van der Waals surface area contributed by atoms with Gasteiger partial charge in [0, 0.05) is 18.5 Å². The fourth-order valence-corrected chi connectivity index (χ4v) is 5.52. The lowest BCUT2D eigenvalue weighted by Gasteiger charge is -2.15. The van der Waals surface area contributed by atoms with E-state index in [1.54, 1.807) is 25.1 Å². The zero-order valence-corrected chi connectivity index (χ0v) is 23.2. The number of nitrogens with one attached hydrogen (secondary N) is 1. The number of nitrogens with zero attached hydrogens (tertiary/aromatic N) is 2. The predicted molar refractivity (Wildman–Crippen MR) is 147 cm³/mol. The molecule has 1 heterocycles. The summed E-state index contributed by atoms with van der Waals surface area (Å²) in [5.74, 6) is 0.960. The van der Waals surface area contributed by atoms with E-state index in [2.05, 4.69) is 11.5 Å². The molecule has 0 radical (unpaired) electrons. The Kier molecular flexibility index (Phi) is 9.82. The quantitative estimate of drug-likeness (QED) is 0.324. The van der Waals surface area contributed by atoms with Crippen LogP contribution in [0.5, 0.6) is 0 Å². The summed E-state index contributed by atoms with van der Waals surface area (Å²) in [5, 5.41) is 0.431. The molecule has 0 unspecified atom stereocenters. The summed E-state index contributed by atoms with van der Waals surface area (Å²) in [6.07, 6.45) is 1.89. The predicted octanol–water partition coefficient (Wildman–Crippen LogP) is 5.40. The Morgan fingerprint density at radius 3 is 2.35 bits per heavy atom. The maximum atomic E-state index is 12.9. The van der Waals surface area contributed by atoms with Crippen LogP contribution < -0.4 is 4.72 Å². The van der Waals surface area contributed by atoms with E-state index in [4.69, 9.17) is 26.7 Å². The summed E-state index contributed by atoms with van der Waals surface area (Å²) >= 11 is 5.54. The van der Waals surface area contributed by atoms with Gasteiger partial charge in [-0.25, -0.2) is 22.9 Å². The number of unbranched alkanes of at least 4 members (excludes halogenated alkanes) is 1. The molecule has 1 N–H and O–H groups in total. The zero-order chi connectivity index (χ0) is 27.0. The maximum Gasteiger partial charge on any atom is 0.421 e. The first kappa shape index (κ1) is 28.3. The molecule has 2 aromatic carbocycles. The van der Waals surface area contributed by atoms with E-state index in [1.807, 2.05) is 42.8 Å². The van der Waals surface area contributed by atoms with Crippen molar-refractivity contribution in [3.8, 4) is 11.1 Å². The first-order valence-corrected chi connectivity index (χ1v) is 14.2. The largest absolute Gasteiger partial charge is 0.482 e. The minimum atomic E-state index is -4.12. The fraction of sp³-hybridized carbons (Fsp3) is 0.370. The summed E-state index contributed by atoms with van der Waals surface area (Å²) in [6, 6.07) is 14.2. The number of carbonyl (C=O) groups excluding carboxylic acids is 1. The Labute approximate surface area is 224 Å². The molecule has 0 saturated heterocycles. The van der Waals surface area contributed by atoms with Gasteiger partial charge in [0.2, 0.25) is 5.05 Å². The van der Waals surface area contributed by atoms with Gasteiger partial charge in [0.25, 0.3) is 10.0 Å². The zero-order valence-electron chi connectivity index (χ0n) is 21.6. The van der Waals surface area contributed by atoms with Crippen LogP contribution in [0.25, 0.3) is 11.1 Å². The number of amides is 1. The lowest BCUT2D eigenvalue weighted by atomic mass is 10.0. The van der Waals surface area contributed by atoms with Gasteiger partial charge in [0.05, 0.1) is 23.8 Å². The normalized spacial score (nSPS) is 11.2. The van der Waals surface area contributed by atoms with E-state index in [9.17, 15) is 13.2 Å². The van der Waals surface area contributed by atoms with Crippen molar-refractivity contribution in [1.29, 1.82) is 0 Å². The third-order valence-electron chi connectivity index (χ3n) is 5.72. The summed E-state index contributed by atoms with van der Waals surface area (Å²) in [6.45, 7) is 8.69. The molecule has 37 heavy (non-hydrogen) atoms. The van der Waals surface area contributed by atoms with E-state index in [-0.39, 0.29) is 11.5 Å². The number of hydrogen-bond donors (Lipinski definition) is 1. The highest BCUT2D eigenvalue weighted by molar-refractivity contribution is 7.90. The van der Waals surface area contributed by atoms with Crippen LogP contribution in [0.1, 0.15) is 56.4 Å². The van der Waals surface area contributed by atoms with Crippen molar-refractivity contribution < 1.29 is 22.7 Å². The van der Waals surface area contributed by atoms with Gasteiger partial charge < -0.3 is 14.0 Å². The number of ether oxygens (including phenoxy) is 2. The molecular weight excluding hydrogens is 510 g/mol. The molecule has 1 amide bonds. The Morgan fingerprint density at radius 2 is 1.70 bits per heavy atom. The SMILES string of the molecule is CCCCc1nc(C)c(C(=S)OCC)n1Cc1ccc(-c2ccccc2S(=O)(=O)NC(=O)OCC)cc1. The Bertz CT molecular complexity index is 1350. The second-order valence-electron chi connectivity index (χ2n) is 8.39. The average molecular weight is 544 g/mol. The first-order valence-electron chi connectivity index (χ1n) is 12.3. The monoisotopic (exact) mass is 543 g/mol. The molecule has 0 aliphatic rings. The molecule has 0 aliphatic heterocycles. The summed E-state index contributed by atoms with van der Waals surface area (Å²) in [7, 11) is -4.12. The maximum absolute atomic E-state index is 12.9. The highest BCUT2D eigenvalue weighted by Gasteiger charge is 2.23. The Morgan fingerprint density at radius 1 is 1.03 bits per heavy atom. The lowest BCUT2D eigenvalue weighted by molar-refractivity contribution is 0.158. The van der Waals surface area contributed by atoms with E-state index in [1.165, 1.54) is 6.07 Å². The second kappa shape index (κ2) is 12.8. The molecule has 0 fully saturated rings. The lowest BCUT2D eigenvalue weighted by Crippen LogP contribution is -2.31. The van der Waals surface area contributed by atoms with Gasteiger partial charge in [-0.15, -0.1) is 0 Å². The highest BCUT2D eigenvalue weighted by Crippen LogP contribution is 2.28. The molecule has 1 aromatic heterocycles. The number of sulfonamides is 1. The van der Waals surface area contributed by atoms with Gasteiger partial charge in [-0.2, -0.15) is 0 Å². The minimum Gasteiger partial charge on any atom is -0.482 e. The van der Waals surface area contributed by atoms with Crippen molar-refractivity contribution in [1.82, 2.24) is 14.3 Å². The van der Waals surface area contributed by atoms with Gasteiger partial charge in [-0.1, -0.05) is 55.8 Å². The van der Waals surface area contributed by atoms with E-state index >= 15 is 0 Å². The molecule has 10 heteroatoms. The highest BCUT2D eigenvalue weighted by atomic mass is 32.2. The van der Waals surface area contributed by atoms with Crippen LogP contribution in [0.15, 0.2) is 53.4 Å². The number of benzene rings is 2. The standard InChI is InChI=1S/C27H33N3O5S2/c1-5-8-13-24-28-19(4)25(26(36)34-6-2)30(24)18-20-14-16-21(17-15-20)22-11-9-10-12-23(22)37(32,33)29-27(31)35-7-3/h9-12,14-17H,5-8,13,18H2,1-4H3,(H,29,31). The fourth-order valence-electron chi connectivity index (χ4n) is 4.02. The average Bonchev–Trinajstić information content (AvgIpc) is 3.17. The summed E-state index contributed by atoms with van der Waals surface area (Å²) in [4.78, 5) is 16.5. The summed E-state index contributed by atoms with van der Waals surface area (Å²) < 4.78 is 40.2. The number of aryl methyl sites for hydroxylation is 2. The number of imidazole rings is 1. The summed E-state index contributed by atoms with van der Waals surface area (Å²) in [5.41, 5.74) is 3.84. The number of thiocarbonyl (C=S) groups is 1. The molecule has 0 aliphatic carbocycles. The van der Waals surface area contributed by atoms with Crippen LogP contribution in [0.4, 0.5) is 4.79 Å². The van der Waals surface area contributed by atoms with E-state index < -0.39 is 16.1 Å². The van der Waals surface area contributed by atoms with Crippen LogP contribution in [0.2, 0.25) is 0 Å². The van der Waals surface area contributed by atoms with Crippen LogP contribution in [0, 0.1) is 6.92 Å². The van der Waals surface area contributed by atoms with Gasteiger partial charge in [-0.3, -0.25) is 0 Å². The third-order valence-corrected chi connectivity index (χ3v) is 7.40. The molecule has 3 aromatic rings. The number of hydrogen-bond acceptors (Lipinski definition) is 7. The van der Waals surface area contributed by atoms with Crippen molar-refractivity contribution in [3.05, 3.63) is 71.3 Å². The van der Waals surface area contributed by atoms with Crippen LogP contribution in [0.3, 0.4) is 0 Å². The molecular formula is C27H33N3O5S2. The third kappa shape index (κ3) is 6.95. The van der Waals surface area contributed by atoms with Gasteiger partial charge >= 0.3 is 6.09 Å². The van der Waals surface area contributed by atoms with Crippen molar-refractivity contribution in [2.24, 2.45) is 0 Å². The van der Waals surface area contributed by atoms with Gasteiger partial charge in [0.15, 0.2) is 0 Å². The van der Waals surface area contributed by atoms with Crippen molar-refractivity contribution in [2.75, 3.05) is 13.2 Å². The molecule has 198 valence electrons. The molecule has 3 rings (SSSR count). The van der Waals surface area contributed by atoms with Gasteiger partial charge in [0.1, 0.15) is 11.5 Å². The number of carbonyl (C=O) groups is 1. The van der Waals surface area contributed by atoms with Crippen LogP contribution >= 0.6 is 12.2 Å². The van der Waals surface area contributed by atoms with E-state index in [0.29, 0.717) is 29.3 Å². The smallest absolute Gasteiger partial charge is 0.421 e. The molecule has 0 spiro atoms. The molecule has 0 bridgehead atoms. The van der Waals surface area contributed by atoms with E-state index in [0.717, 1.165) is 42.0 Å². The Hall–Kier alpha value is -3.24. The molecule has 0 atom stereocenters. The first-order chi connectivity index (χ1) is 17.7. The second-order valence-corrected chi connectivity index (χ2v) is 10.4. The van der Waals surface area contributed by atoms with Gasteiger partial charge in [-0.05, 0) is 56.6 Å². The van der Waals surface area contributed by atoms with Crippen molar-refractivity contribution in [2.45, 2.75) is 58.4 Å². The molecule has 8 nitrogen and oxygen atoms in total. The number of rotatable bonds is 11.